The number of rotatable bonds is 7. The number of carbonyl (C=O) groups excluding carboxylic acids is 1. The Hall–Kier alpha value is -2.89. The lowest BCUT2D eigenvalue weighted by atomic mass is 9.81. The van der Waals surface area contributed by atoms with E-state index < -0.39 is 5.54 Å². The number of nitrogens with zero attached hydrogens (tertiary/aromatic N) is 1. The van der Waals surface area contributed by atoms with Gasteiger partial charge in [-0.25, -0.2) is 9.18 Å². The van der Waals surface area contributed by atoms with E-state index in [0.29, 0.717) is 24.4 Å². The molecule has 33 heavy (non-hydrogen) atoms. The lowest BCUT2D eigenvalue weighted by molar-refractivity contribution is 0.117. The summed E-state index contributed by atoms with van der Waals surface area (Å²) in [6.45, 7) is 2.70. The number of nitrogens with one attached hydrogen (secondary N) is 1. The Bertz CT molecular complexity index is 1090. The van der Waals surface area contributed by atoms with Crippen LogP contribution in [-0.2, 0) is 5.54 Å². The highest BCUT2D eigenvalue weighted by atomic mass is 35.5. The van der Waals surface area contributed by atoms with E-state index >= 15 is 0 Å². The van der Waals surface area contributed by atoms with E-state index in [1.807, 2.05) is 60.4 Å². The molecule has 0 aromatic heterocycles. The zero-order valence-electron chi connectivity index (χ0n) is 18.6. The number of halogens is 2. The van der Waals surface area contributed by atoms with Gasteiger partial charge in [0.1, 0.15) is 5.82 Å². The molecule has 1 fully saturated rings. The van der Waals surface area contributed by atoms with Crippen LogP contribution in [0.25, 0.3) is 11.1 Å². The minimum Gasteiger partial charge on any atom is -0.396 e. The molecule has 3 aromatic rings. The van der Waals surface area contributed by atoms with Crippen molar-refractivity contribution in [1.29, 1.82) is 0 Å². The second kappa shape index (κ2) is 9.94. The molecule has 2 unspecified atom stereocenters. The van der Waals surface area contributed by atoms with Crippen molar-refractivity contribution in [3.63, 3.8) is 0 Å². The largest absolute Gasteiger partial charge is 0.396 e. The van der Waals surface area contributed by atoms with Gasteiger partial charge >= 0.3 is 6.03 Å². The molecule has 0 bridgehead atoms. The van der Waals surface area contributed by atoms with Gasteiger partial charge in [-0.15, -0.1) is 0 Å². The fraction of sp³-hybridized carbons (Fsp3) is 0.296. The van der Waals surface area contributed by atoms with Crippen LogP contribution in [0.5, 0.6) is 0 Å². The van der Waals surface area contributed by atoms with Crippen molar-refractivity contribution >= 4 is 17.6 Å². The van der Waals surface area contributed by atoms with Crippen LogP contribution in [0, 0.1) is 5.82 Å². The first kappa shape index (κ1) is 23.3. The van der Waals surface area contributed by atoms with Crippen LogP contribution < -0.4 is 5.32 Å². The second-order valence-corrected chi connectivity index (χ2v) is 9.03. The summed E-state index contributed by atoms with van der Waals surface area (Å²) in [6, 6.07) is 21.8. The van der Waals surface area contributed by atoms with Gasteiger partial charge in [-0.1, -0.05) is 60.1 Å². The average Bonchev–Trinajstić information content (AvgIpc) is 2.83. The second-order valence-electron chi connectivity index (χ2n) is 8.59. The van der Waals surface area contributed by atoms with E-state index in [-0.39, 0.29) is 24.5 Å². The fourth-order valence-corrected chi connectivity index (χ4v) is 4.72. The Balaban J connectivity index is 1.50. The lowest BCUT2D eigenvalue weighted by Gasteiger charge is -2.45. The number of hydrogen-bond donors (Lipinski definition) is 2. The molecule has 1 saturated heterocycles. The highest BCUT2D eigenvalue weighted by molar-refractivity contribution is 6.30. The summed E-state index contributed by atoms with van der Waals surface area (Å²) >= 11 is 6.07. The number of benzene rings is 3. The fourth-order valence-electron chi connectivity index (χ4n) is 4.60. The van der Waals surface area contributed by atoms with E-state index in [9.17, 15) is 14.3 Å². The van der Waals surface area contributed by atoms with Gasteiger partial charge in [0.25, 0.3) is 0 Å². The minimum atomic E-state index is -0.521. The van der Waals surface area contributed by atoms with Crippen molar-refractivity contribution in [2.75, 3.05) is 13.2 Å². The smallest absolute Gasteiger partial charge is 0.318 e. The Labute approximate surface area is 199 Å². The quantitative estimate of drug-likeness (QED) is 0.430. The topological polar surface area (TPSA) is 52.6 Å². The highest BCUT2D eigenvalue weighted by Crippen LogP contribution is 2.36. The Kier molecular flexibility index (Phi) is 7.01. The van der Waals surface area contributed by atoms with Crippen molar-refractivity contribution in [3.8, 4) is 11.1 Å². The third-order valence-corrected chi connectivity index (χ3v) is 6.84. The predicted octanol–water partition coefficient (Wildman–Crippen LogP) is 6.29. The summed E-state index contributed by atoms with van der Waals surface area (Å²) in [5.41, 5.74) is 3.46. The molecule has 6 heteroatoms. The summed E-state index contributed by atoms with van der Waals surface area (Å²) in [6.07, 6.45) is 1.99. The van der Waals surface area contributed by atoms with Gasteiger partial charge in [-0.3, -0.25) is 0 Å². The Morgan fingerprint density at radius 2 is 1.64 bits per heavy atom. The Morgan fingerprint density at radius 3 is 2.21 bits per heavy atom. The van der Waals surface area contributed by atoms with Crippen molar-refractivity contribution in [1.82, 2.24) is 10.2 Å². The maximum Gasteiger partial charge on any atom is 0.318 e. The van der Waals surface area contributed by atoms with Crippen LogP contribution in [0.3, 0.4) is 0 Å². The van der Waals surface area contributed by atoms with E-state index in [2.05, 4.69) is 5.32 Å². The van der Waals surface area contributed by atoms with E-state index in [1.54, 1.807) is 12.1 Å². The minimum absolute atomic E-state index is 0.0751. The number of aliphatic hydroxyl groups excluding tert-OH is 1. The highest BCUT2D eigenvalue weighted by Gasteiger charge is 2.40. The molecular weight excluding hydrogens is 439 g/mol. The molecule has 4 nitrogen and oxygen atoms in total. The molecule has 172 valence electrons. The number of urea groups is 1. The third kappa shape index (κ3) is 5.05. The van der Waals surface area contributed by atoms with Gasteiger partial charge in [-0.05, 0) is 72.7 Å². The molecular formula is C27H28ClFN2O2. The molecule has 2 N–H and O–H groups in total. The average molecular weight is 467 g/mol. The first-order chi connectivity index (χ1) is 15.9. The molecule has 1 aliphatic heterocycles. The molecule has 0 aliphatic carbocycles. The summed E-state index contributed by atoms with van der Waals surface area (Å²) in [5, 5.41) is 13.3. The third-order valence-electron chi connectivity index (χ3n) is 6.58. The van der Waals surface area contributed by atoms with Crippen LogP contribution >= 0.6 is 11.6 Å². The molecule has 0 saturated carbocycles. The van der Waals surface area contributed by atoms with Gasteiger partial charge < -0.3 is 15.3 Å². The summed E-state index contributed by atoms with van der Waals surface area (Å²) < 4.78 is 13.2. The summed E-state index contributed by atoms with van der Waals surface area (Å²) in [4.78, 5) is 15.1. The summed E-state index contributed by atoms with van der Waals surface area (Å²) in [5.74, 6) is -0.256. The molecule has 3 aromatic carbocycles. The van der Waals surface area contributed by atoms with Gasteiger partial charge in [0.05, 0.1) is 11.6 Å². The molecule has 2 amide bonds. The van der Waals surface area contributed by atoms with Crippen LogP contribution in [0.15, 0.2) is 72.8 Å². The van der Waals surface area contributed by atoms with E-state index in [4.69, 9.17) is 11.6 Å². The zero-order chi connectivity index (χ0) is 23.4. The number of aliphatic hydroxyl groups is 1. The first-order valence-electron chi connectivity index (χ1n) is 11.2. The van der Waals surface area contributed by atoms with Gasteiger partial charge in [0.15, 0.2) is 0 Å². The predicted molar refractivity (Wildman–Crippen MR) is 130 cm³/mol. The van der Waals surface area contributed by atoms with E-state index in [1.165, 1.54) is 12.1 Å². The van der Waals surface area contributed by atoms with Crippen LogP contribution in [0.2, 0.25) is 5.02 Å². The van der Waals surface area contributed by atoms with Crippen molar-refractivity contribution < 1.29 is 14.3 Å². The molecule has 1 aliphatic rings. The Morgan fingerprint density at radius 1 is 1.03 bits per heavy atom. The van der Waals surface area contributed by atoms with Crippen molar-refractivity contribution in [2.45, 2.75) is 37.8 Å². The first-order valence-corrected chi connectivity index (χ1v) is 11.6. The molecule has 0 spiro atoms. The normalized spacial score (nSPS) is 19.3. The number of hydrogen-bond acceptors (Lipinski definition) is 2. The number of amides is 2. The van der Waals surface area contributed by atoms with Gasteiger partial charge in [0.2, 0.25) is 0 Å². The van der Waals surface area contributed by atoms with Crippen molar-refractivity contribution in [2.24, 2.45) is 0 Å². The zero-order valence-corrected chi connectivity index (χ0v) is 19.4. The maximum atomic E-state index is 13.2. The maximum absolute atomic E-state index is 13.2. The van der Waals surface area contributed by atoms with Gasteiger partial charge in [-0.2, -0.15) is 0 Å². The summed E-state index contributed by atoms with van der Waals surface area (Å²) in [7, 11) is 0. The monoisotopic (exact) mass is 466 g/mol. The SMILES string of the molecule is CC(c1ccc(-c2ccc(F)cc2)cc1)N1CCC(CCCO)(c2ccc(Cl)cc2)NC1=O. The van der Waals surface area contributed by atoms with Gasteiger partial charge in [0, 0.05) is 18.2 Å². The van der Waals surface area contributed by atoms with Crippen LogP contribution in [0.1, 0.15) is 43.4 Å². The molecule has 4 rings (SSSR count). The van der Waals surface area contributed by atoms with E-state index in [0.717, 1.165) is 28.7 Å². The molecule has 1 heterocycles. The van der Waals surface area contributed by atoms with Crippen LogP contribution in [0.4, 0.5) is 9.18 Å². The molecule has 2 atom stereocenters. The number of carbonyl (C=O) groups is 1. The van der Waals surface area contributed by atoms with Crippen LogP contribution in [-0.4, -0.2) is 29.2 Å². The lowest BCUT2D eigenvalue weighted by Crippen LogP contribution is -2.58. The molecule has 0 radical (unpaired) electrons. The van der Waals surface area contributed by atoms with Crippen molar-refractivity contribution in [3.05, 3.63) is 94.8 Å². The standard InChI is InChI=1S/C27H28ClFN2O2/c1-19(20-3-5-21(6-4-20)22-7-13-25(29)14-8-22)31-17-16-27(15-2-18-32,30-26(31)33)23-9-11-24(28)12-10-23/h3-14,19,32H,2,15-18H2,1H3,(H,30,33).